The lowest BCUT2D eigenvalue weighted by Gasteiger charge is -2.34. The Balaban J connectivity index is 1.29. The van der Waals surface area contributed by atoms with Gasteiger partial charge >= 0.3 is 0 Å². The Morgan fingerprint density at radius 3 is 2.15 bits per heavy atom. The monoisotopic (exact) mass is 523 g/mol. The van der Waals surface area contributed by atoms with Crippen molar-refractivity contribution in [3.8, 4) is 22.7 Å². The molecule has 0 spiro atoms. The van der Waals surface area contributed by atoms with Gasteiger partial charge in [-0.1, -0.05) is 60.7 Å². The number of hydrogen-bond donors (Lipinski definition) is 0. The van der Waals surface area contributed by atoms with Gasteiger partial charge < -0.3 is 23.8 Å². The largest absolute Gasteiger partial charge is 0.497 e. The van der Waals surface area contributed by atoms with Gasteiger partial charge in [0.2, 0.25) is 5.91 Å². The van der Waals surface area contributed by atoms with Gasteiger partial charge in [0, 0.05) is 43.1 Å². The zero-order chi connectivity index (χ0) is 27.2. The number of hydrogen-bond acceptors (Lipinski definition) is 4. The molecule has 0 N–H and O–H groups in total. The van der Waals surface area contributed by atoms with Crippen LogP contribution in [0.5, 0.6) is 5.75 Å². The van der Waals surface area contributed by atoms with Crippen molar-refractivity contribution in [1.82, 2.24) is 14.4 Å². The molecule has 0 atom stereocenters. The smallest absolute Gasteiger partial charge is 0.255 e. The molecule has 7 nitrogen and oxygen atoms in total. The van der Waals surface area contributed by atoms with Crippen molar-refractivity contribution in [2.75, 3.05) is 39.9 Å². The van der Waals surface area contributed by atoms with Gasteiger partial charge in [-0.2, -0.15) is 0 Å². The van der Waals surface area contributed by atoms with Gasteiger partial charge in [-0.3, -0.25) is 9.59 Å². The van der Waals surface area contributed by atoms with Gasteiger partial charge in [0.05, 0.1) is 25.0 Å². The van der Waals surface area contributed by atoms with E-state index in [4.69, 9.17) is 9.47 Å². The standard InChI is InChI=1S/C32H33N3O4/c1-24-29(21-30(26-12-9-15-28(20-26)38-2)35(24)27-13-7-4-8-14-27)32(37)34-18-16-33(17-19-34)31(36)23-39-22-25-10-5-3-6-11-25/h3-15,20-21H,16-19,22-23H2,1-2H3. The summed E-state index contributed by atoms with van der Waals surface area (Å²) in [5.74, 6) is 0.677. The van der Waals surface area contributed by atoms with E-state index in [0.29, 0.717) is 38.3 Å². The average molecular weight is 524 g/mol. The third-order valence-corrected chi connectivity index (χ3v) is 7.11. The summed E-state index contributed by atoms with van der Waals surface area (Å²) in [5.41, 5.74) is 5.43. The predicted molar refractivity (Wildman–Crippen MR) is 151 cm³/mol. The molecule has 3 aromatic carbocycles. The Kier molecular flexibility index (Phi) is 8.08. The highest BCUT2D eigenvalue weighted by atomic mass is 16.5. The fraction of sp³-hybridized carbons (Fsp3) is 0.250. The molecule has 0 saturated carbocycles. The van der Waals surface area contributed by atoms with Crippen molar-refractivity contribution in [2.24, 2.45) is 0 Å². The van der Waals surface area contributed by atoms with Crippen molar-refractivity contribution in [3.05, 3.63) is 108 Å². The molecule has 2 amide bonds. The number of rotatable bonds is 8. The normalized spacial score (nSPS) is 13.4. The van der Waals surface area contributed by atoms with E-state index in [-0.39, 0.29) is 18.4 Å². The topological polar surface area (TPSA) is 64.0 Å². The Bertz CT molecular complexity index is 1420. The molecular weight excluding hydrogens is 490 g/mol. The maximum atomic E-state index is 13.7. The second kappa shape index (κ2) is 12.0. The molecule has 4 aromatic rings. The molecule has 7 heteroatoms. The summed E-state index contributed by atoms with van der Waals surface area (Å²) >= 11 is 0. The van der Waals surface area contributed by atoms with Gasteiger partial charge in [-0.15, -0.1) is 0 Å². The molecule has 0 radical (unpaired) electrons. The molecule has 200 valence electrons. The van der Waals surface area contributed by atoms with Crippen LogP contribution in [0, 0.1) is 6.92 Å². The van der Waals surface area contributed by atoms with E-state index in [1.807, 2.05) is 103 Å². The van der Waals surface area contributed by atoms with E-state index < -0.39 is 0 Å². The van der Waals surface area contributed by atoms with Crippen LogP contribution in [0.2, 0.25) is 0 Å². The molecule has 1 aliphatic rings. The molecule has 1 aromatic heterocycles. The zero-order valence-electron chi connectivity index (χ0n) is 22.4. The molecule has 5 rings (SSSR count). The van der Waals surface area contributed by atoms with Crippen molar-refractivity contribution in [3.63, 3.8) is 0 Å². The van der Waals surface area contributed by atoms with E-state index in [9.17, 15) is 9.59 Å². The molecule has 0 aliphatic carbocycles. The van der Waals surface area contributed by atoms with Crippen LogP contribution in [0.4, 0.5) is 0 Å². The molecule has 2 heterocycles. The summed E-state index contributed by atoms with van der Waals surface area (Å²) in [5, 5.41) is 0. The highest BCUT2D eigenvalue weighted by molar-refractivity contribution is 5.97. The van der Waals surface area contributed by atoms with E-state index in [2.05, 4.69) is 4.57 Å². The molecule has 1 aliphatic heterocycles. The van der Waals surface area contributed by atoms with Gasteiger partial charge in [-0.05, 0) is 42.8 Å². The van der Waals surface area contributed by atoms with Crippen LogP contribution in [-0.2, 0) is 16.1 Å². The molecule has 0 unspecified atom stereocenters. The number of carbonyl (C=O) groups excluding carboxylic acids is 2. The quantitative estimate of drug-likeness (QED) is 0.327. The van der Waals surface area contributed by atoms with Crippen molar-refractivity contribution in [1.29, 1.82) is 0 Å². The van der Waals surface area contributed by atoms with Crippen LogP contribution >= 0.6 is 0 Å². The van der Waals surface area contributed by atoms with E-state index >= 15 is 0 Å². The number of methoxy groups -OCH3 is 1. The minimum Gasteiger partial charge on any atom is -0.497 e. The lowest BCUT2D eigenvalue weighted by atomic mass is 10.1. The Labute approximate surface area is 229 Å². The van der Waals surface area contributed by atoms with E-state index in [0.717, 1.165) is 34.0 Å². The minimum atomic E-state index is -0.0512. The van der Waals surface area contributed by atoms with Crippen LogP contribution in [0.3, 0.4) is 0 Å². The number of nitrogens with zero attached hydrogens (tertiary/aromatic N) is 3. The fourth-order valence-electron chi connectivity index (χ4n) is 4.98. The Morgan fingerprint density at radius 1 is 0.795 bits per heavy atom. The first kappa shape index (κ1) is 26.3. The van der Waals surface area contributed by atoms with E-state index in [1.165, 1.54) is 0 Å². The summed E-state index contributed by atoms with van der Waals surface area (Å²) in [4.78, 5) is 30.0. The van der Waals surface area contributed by atoms with Crippen molar-refractivity contribution < 1.29 is 19.1 Å². The van der Waals surface area contributed by atoms with Crippen LogP contribution in [0.15, 0.2) is 91.0 Å². The second-order valence-corrected chi connectivity index (χ2v) is 9.58. The van der Waals surface area contributed by atoms with Gasteiger partial charge in [0.1, 0.15) is 12.4 Å². The van der Waals surface area contributed by atoms with E-state index in [1.54, 1.807) is 12.0 Å². The van der Waals surface area contributed by atoms with Gasteiger partial charge in [0.15, 0.2) is 0 Å². The van der Waals surface area contributed by atoms with Crippen LogP contribution in [0.1, 0.15) is 21.6 Å². The fourth-order valence-corrected chi connectivity index (χ4v) is 4.98. The summed E-state index contributed by atoms with van der Waals surface area (Å²) in [6.07, 6.45) is 0. The molecule has 1 fully saturated rings. The van der Waals surface area contributed by atoms with Gasteiger partial charge in [-0.25, -0.2) is 0 Å². The van der Waals surface area contributed by atoms with Crippen molar-refractivity contribution >= 4 is 11.8 Å². The van der Waals surface area contributed by atoms with Gasteiger partial charge in [0.25, 0.3) is 5.91 Å². The third-order valence-electron chi connectivity index (χ3n) is 7.11. The summed E-state index contributed by atoms with van der Waals surface area (Å²) in [6, 6.07) is 29.7. The number of benzene rings is 3. The second-order valence-electron chi connectivity index (χ2n) is 9.58. The molecule has 39 heavy (non-hydrogen) atoms. The first-order valence-electron chi connectivity index (χ1n) is 13.2. The zero-order valence-corrected chi connectivity index (χ0v) is 22.4. The number of ether oxygens (including phenoxy) is 2. The Morgan fingerprint density at radius 2 is 1.46 bits per heavy atom. The Hall–Kier alpha value is -4.36. The number of aromatic nitrogens is 1. The number of carbonyl (C=O) groups is 2. The summed E-state index contributed by atoms with van der Waals surface area (Å²) in [6.45, 7) is 4.35. The minimum absolute atomic E-state index is 0.0289. The highest BCUT2D eigenvalue weighted by Gasteiger charge is 2.28. The predicted octanol–water partition coefficient (Wildman–Crippen LogP) is 4.96. The first-order chi connectivity index (χ1) is 19.0. The first-order valence-corrected chi connectivity index (χ1v) is 13.2. The molecular formula is C32H33N3O4. The summed E-state index contributed by atoms with van der Waals surface area (Å²) < 4.78 is 13.2. The lowest BCUT2D eigenvalue weighted by Crippen LogP contribution is -2.51. The average Bonchev–Trinajstić information content (AvgIpc) is 3.34. The number of piperazine rings is 1. The third kappa shape index (κ3) is 5.89. The molecule has 0 bridgehead atoms. The highest BCUT2D eigenvalue weighted by Crippen LogP contribution is 2.32. The maximum absolute atomic E-state index is 13.7. The van der Waals surface area contributed by atoms with Crippen LogP contribution in [-0.4, -0.2) is 66.1 Å². The molecule has 1 saturated heterocycles. The maximum Gasteiger partial charge on any atom is 0.255 e. The SMILES string of the molecule is COc1cccc(-c2cc(C(=O)N3CCN(C(=O)COCc4ccccc4)CC3)c(C)n2-c2ccccc2)c1. The van der Waals surface area contributed by atoms with Crippen molar-refractivity contribution in [2.45, 2.75) is 13.5 Å². The number of para-hydroxylation sites is 1. The van der Waals surface area contributed by atoms with Crippen LogP contribution in [0.25, 0.3) is 16.9 Å². The van der Waals surface area contributed by atoms with Crippen LogP contribution < -0.4 is 4.74 Å². The lowest BCUT2D eigenvalue weighted by molar-refractivity contribution is -0.138. The number of amides is 2. The summed E-state index contributed by atoms with van der Waals surface area (Å²) in [7, 11) is 1.65.